The molecule has 1 N–H and O–H groups in total. The summed E-state index contributed by atoms with van der Waals surface area (Å²) in [4.78, 5) is 17.7. The number of aromatic nitrogens is 2. The number of halogens is 3. The van der Waals surface area contributed by atoms with Crippen LogP contribution in [0.3, 0.4) is 0 Å². The Balaban J connectivity index is 2.02. The van der Waals surface area contributed by atoms with Crippen LogP contribution in [-0.4, -0.2) is 45.3 Å². The molecule has 0 saturated heterocycles. The van der Waals surface area contributed by atoms with Gasteiger partial charge in [0.25, 0.3) is 0 Å². The summed E-state index contributed by atoms with van der Waals surface area (Å²) in [5, 5.41) is 10.6. The second-order valence-corrected chi connectivity index (χ2v) is 6.19. The Bertz CT molecular complexity index is 698. The van der Waals surface area contributed by atoms with Gasteiger partial charge in [-0.05, 0) is 18.6 Å². The molecule has 1 amide bonds. The Hall–Kier alpha value is -1.63. The van der Waals surface area contributed by atoms with E-state index in [4.69, 9.17) is 39.5 Å². The number of benzene rings is 1. The molecule has 0 fully saturated rings. The number of carbonyl (C=O) groups is 1. The Morgan fingerprint density at radius 3 is 2.50 bits per heavy atom. The van der Waals surface area contributed by atoms with Gasteiger partial charge in [0.2, 0.25) is 5.88 Å². The SMILES string of the molecule is CCCN(CCOc1c(Cl)cc(Cl)cc1Cl)C(=O)n1cncc1O. The number of carbonyl (C=O) groups excluding carboxylic acids is 1. The number of hydrogen-bond acceptors (Lipinski definition) is 4. The van der Waals surface area contributed by atoms with E-state index in [-0.39, 0.29) is 18.5 Å². The van der Waals surface area contributed by atoms with Gasteiger partial charge in [-0.2, -0.15) is 0 Å². The standard InChI is InChI=1S/C15H16Cl3N3O3/c1-2-3-20(15(23)21-9-19-8-13(21)22)4-5-24-14-11(17)6-10(16)7-12(14)18/h6-9,22H,2-5H2,1H3. The van der Waals surface area contributed by atoms with E-state index in [9.17, 15) is 9.90 Å². The first-order valence-corrected chi connectivity index (χ1v) is 8.35. The van der Waals surface area contributed by atoms with Crippen molar-refractivity contribution in [3.63, 3.8) is 0 Å². The van der Waals surface area contributed by atoms with E-state index >= 15 is 0 Å². The van der Waals surface area contributed by atoms with Crippen LogP contribution in [0.4, 0.5) is 4.79 Å². The zero-order valence-electron chi connectivity index (χ0n) is 12.9. The lowest BCUT2D eigenvalue weighted by Crippen LogP contribution is -2.37. The lowest BCUT2D eigenvalue weighted by Gasteiger charge is -2.22. The van der Waals surface area contributed by atoms with Gasteiger partial charge >= 0.3 is 6.03 Å². The Morgan fingerprint density at radius 2 is 1.96 bits per heavy atom. The van der Waals surface area contributed by atoms with Crippen LogP contribution < -0.4 is 4.74 Å². The van der Waals surface area contributed by atoms with E-state index in [1.165, 1.54) is 24.7 Å². The molecule has 6 nitrogen and oxygen atoms in total. The quantitative estimate of drug-likeness (QED) is 0.795. The summed E-state index contributed by atoms with van der Waals surface area (Å²) in [6.45, 7) is 2.92. The zero-order chi connectivity index (χ0) is 17.7. The van der Waals surface area contributed by atoms with Crippen molar-refractivity contribution in [2.75, 3.05) is 19.7 Å². The molecule has 0 aliphatic heterocycles. The van der Waals surface area contributed by atoms with Crippen molar-refractivity contribution in [2.24, 2.45) is 0 Å². The van der Waals surface area contributed by atoms with Crippen LogP contribution in [0, 0.1) is 0 Å². The molecule has 0 atom stereocenters. The molecular weight excluding hydrogens is 377 g/mol. The first-order chi connectivity index (χ1) is 11.4. The second kappa shape index (κ2) is 8.46. The molecule has 24 heavy (non-hydrogen) atoms. The third-order valence-electron chi connectivity index (χ3n) is 3.16. The van der Waals surface area contributed by atoms with Crippen LogP contribution in [0.25, 0.3) is 0 Å². The second-order valence-electron chi connectivity index (χ2n) is 4.94. The summed E-state index contributed by atoms with van der Waals surface area (Å²) in [7, 11) is 0. The van der Waals surface area contributed by atoms with Crippen LogP contribution >= 0.6 is 34.8 Å². The van der Waals surface area contributed by atoms with Gasteiger partial charge in [-0.15, -0.1) is 0 Å². The molecule has 0 aliphatic rings. The highest BCUT2D eigenvalue weighted by Gasteiger charge is 2.18. The molecule has 130 valence electrons. The third-order valence-corrected chi connectivity index (χ3v) is 3.94. The predicted octanol–water partition coefficient (Wildman–Crippen LogP) is 4.31. The zero-order valence-corrected chi connectivity index (χ0v) is 15.1. The summed E-state index contributed by atoms with van der Waals surface area (Å²) in [6, 6.07) is 2.68. The highest BCUT2D eigenvalue weighted by molar-refractivity contribution is 6.40. The van der Waals surface area contributed by atoms with Crippen molar-refractivity contribution in [2.45, 2.75) is 13.3 Å². The number of amides is 1. The van der Waals surface area contributed by atoms with Crippen LogP contribution in [0.1, 0.15) is 13.3 Å². The van der Waals surface area contributed by atoms with E-state index in [1.54, 1.807) is 4.90 Å². The summed E-state index contributed by atoms with van der Waals surface area (Å²) >= 11 is 18.0. The summed E-state index contributed by atoms with van der Waals surface area (Å²) in [6.07, 6.45) is 3.21. The number of nitrogens with zero attached hydrogens (tertiary/aromatic N) is 3. The van der Waals surface area contributed by atoms with Gasteiger partial charge in [-0.3, -0.25) is 0 Å². The predicted molar refractivity (Wildman–Crippen MR) is 93.5 cm³/mol. The molecule has 0 bridgehead atoms. The lowest BCUT2D eigenvalue weighted by atomic mass is 10.3. The number of hydrogen-bond donors (Lipinski definition) is 1. The topological polar surface area (TPSA) is 67.6 Å². The van der Waals surface area contributed by atoms with Gasteiger partial charge in [0.05, 0.1) is 22.8 Å². The summed E-state index contributed by atoms with van der Waals surface area (Å²) in [5.74, 6) is 0.0999. The Morgan fingerprint density at radius 1 is 1.29 bits per heavy atom. The molecule has 0 unspecified atom stereocenters. The number of imidazole rings is 1. The van der Waals surface area contributed by atoms with E-state index in [2.05, 4.69) is 4.98 Å². The van der Waals surface area contributed by atoms with Crippen molar-refractivity contribution in [3.8, 4) is 11.6 Å². The fraction of sp³-hybridized carbons (Fsp3) is 0.333. The molecule has 1 heterocycles. The summed E-state index contributed by atoms with van der Waals surface area (Å²) < 4.78 is 6.66. The Labute approximate surface area is 154 Å². The number of rotatable bonds is 6. The van der Waals surface area contributed by atoms with Gasteiger partial charge in [-0.25, -0.2) is 14.3 Å². The maximum atomic E-state index is 12.4. The average Bonchev–Trinajstić information content (AvgIpc) is 2.94. The van der Waals surface area contributed by atoms with E-state index < -0.39 is 0 Å². The maximum absolute atomic E-state index is 12.4. The molecular formula is C15H16Cl3N3O3. The minimum Gasteiger partial charge on any atom is -0.493 e. The van der Waals surface area contributed by atoms with E-state index in [1.807, 2.05) is 6.92 Å². The smallest absolute Gasteiger partial charge is 0.332 e. The van der Waals surface area contributed by atoms with Crippen molar-refractivity contribution < 1.29 is 14.6 Å². The van der Waals surface area contributed by atoms with Gasteiger partial charge in [-0.1, -0.05) is 41.7 Å². The molecule has 2 rings (SSSR count). The normalized spacial score (nSPS) is 10.7. The minimum absolute atomic E-state index is 0.183. The number of ether oxygens (including phenoxy) is 1. The molecule has 9 heteroatoms. The highest BCUT2D eigenvalue weighted by Crippen LogP contribution is 2.35. The molecule has 0 radical (unpaired) electrons. The van der Waals surface area contributed by atoms with Crippen LogP contribution in [0.2, 0.25) is 15.1 Å². The molecule has 2 aromatic rings. The maximum Gasteiger partial charge on any atom is 0.332 e. The van der Waals surface area contributed by atoms with Crippen molar-refractivity contribution >= 4 is 40.8 Å². The van der Waals surface area contributed by atoms with Crippen molar-refractivity contribution in [1.29, 1.82) is 0 Å². The molecule has 0 saturated carbocycles. The van der Waals surface area contributed by atoms with Gasteiger partial charge < -0.3 is 14.7 Å². The minimum atomic E-state index is -0.385. The fourth-order valence-electron chi connectivity index (χ4n) is 2.09. The number of aromatic hydroxyl groups is 1. The Kier molecular flexibility index (Phi) is 6.60. The average molecular weight is 393 g/mol. The van der Waals surface area contributed by atoms with Crippen molar-refractivity contribution in [3.05, 3.63) is 39.7 Å². The van der Waals surface area contributed by atoms with Gasteiger partial charge in [0.15, 0.2) is 5.75 Å². The molecule has 0 spiro atoms. The van der Waals surface area contributed by atoms with Crippen LogP contribution in [0.15, 0.2) is 24.7 Å². The molecule has 0 aliphatic carbocycles. The lowest BCUT2D eigenvalue weighted by molar-refractivity contribution is 0.181. The molecule has 1 aromatic heterocycles. The van der Waals surface area contributed by atoms with Gasteiger partial charge in [0.1, 0.15) is 12.9 Å². The fourth-order valence-corrected chi connectivity index (χ4v) is 3.01. The largest absolute Gasteiger partial charge is 0.493 e. The first-order valence-electron chi connectivity index (χ1n) is 7.22. The van der Waals surface area contributed by atoms with Crippen LogP contribution in [0.5, 0.6) is 11.6 Å². The summed E-state index contributed by atoms with van der Waals surface area (Å²) in [5.41, 5.74) is 0. The van der Waals surface area contributed by atoms with Crippen molar-refractivity contribution in [1.82, 2.24) is 14.5 Å². The highest BCUT2D eigenvalue weighted by atomic mass is 35.5. The monoisotopic (exact) mass is 391 g/mol. The van der Waals surface area contributed by atoms with E-state index in [0.29, 0.717) is 33.9 Å². The molecule has 1 aromatic carbocycles. The van der Waals surface area contributed by atoms with E-state index in [0.717, 1.165) is 11.0 Å². The first kappa shape index (κ1) is 18.7. The van der Waals surface area contributed by atoms with Gasteiger partial charge in [0, 0.05) is 11.6 Å². The third kappa shape index (κ3) is 4.47. The van der Waals surface area contributed by atoms with Crippen LogP contribution in [-0.2, 0) is 0 Å².